The van der Waals surface area contributed by atoms with E-state index in [2.05, 4.69) is 20.6 Å². The van der Waals surface area contributed by atoms with Gasteiger partial charge in [0.05, 0.1) is 6.10 Å². The number of methoxy groups -OCH3 is 1. The van der Waals surface area contributed by atoms with Gasteiger partial charge in [-0.25, -0.2) is 9.97 Å². The predicted octanol–water partition coefficient (Wildman–Crippen LogP) is 2.03. The number of nitrogens with zero attached hydrogens (tertiary/aromatic N) is 2. The Morgan fingerprint density at radius 3 is 2.65 bits per heavy atom. The molecule has 112 valence electrons. The quantitative estimate of drug-likeness (QED) is 0.759. The van der Waals surface area contributed by atoms with Gasteiger partial charge in [0.25, 0.3) is 0 Å². The summed E-state index contributed by atoms with van der Waals surface area (Å²) in [6.07, 6.45) is 2.43. The summed E-state index contributed by atoms with van der Waals surface area (Å²) < 4.78 is 10.7. The van der Waals surface area contributed by atoms with Gasteiger partial charge in [0, 0.05) is 32.4 Å². The van der Waals surface area contributed by atoms with E-state index in [-0.39, 0.29) is 0 Å². The minimum Gasteiger partial charge on any atom is -0.381 e. The first-order chi connectivity index (χ1) is 9.75. The Labute approximate surface area is 120 Å². The molecule has 1 fully saturated rings. The largest absolute Gasteiger partial charge is 0.381 e. The Balaban J connectivity index is 2.00. The zero-order valence-corrected chi connectivity index (χ0v) is 12.5. The molecule has 0 spiro atoms. The summed E-state index contributed by atoms with van der Waals surface area (Å²) in [4.78, 5) is 8.93. The van der Waals surface area contributed by atoms with Gasteiger partial charge in [-0.15, -0.1) is 0 Å². The van der Waals surface area contributed by atoms with Gasteiger partial charge in [0.15, 0.2) is 5.82 Å². The predicted molar refractivity (Wildman–Crippen MR) is 79.0 cm³/mol. The summed E-state index contributed by atoms with van der Waals surface area (Å²) in [6.45, 7) is 5.95. The lowest BCUT2D eigenvalue weighted by Gasteiger charge is -2.35. The molecule has 1 aromatic rings. The molecule has 0 aromatic carbocycles. The highest BCUT2D eigenvalue weighted by Gasteiger charge is 2.29. The minimum atomic E-state index is 0.380. The molecule has 1 heterocycles. The number of ether oxygens (including phenoxy) is 2. The normalized spacial score (nSPS) is 21.4. The van der Waals surface area contributed by atoms with E-state index in [1.54, 1.807) is 7.11 Å². The maximum absolute atomic E-state index is 5.39. The fraction of sp³-hybridized carbons (Fsp3) is 0.714. The van der Waals surface area contributed by atoms with Crippen molar-refractivity contribution in [3.63, 3.8) is 0 Å². The average molecular weight is 280 g/mol. The molecule has 0 unspecified atom stereocenters. The monoisotopic (exact) mass is 280 g/mol. The van der Waals surface area contributed by atoms with Crippen LogP contribution in [0.2, 0.25) is 0 Å². The zero-order valence-electron chi connectivity index (χ0n) is 12.5. The molecule has 1 aliphatic carbocycles. The van der Waals surface area contributed by atoms with E-state index in [1.807, 2.05) is 19.9 Å². The second-order valence-corrected chi connectivity index (χ2v) is 4.89. The smallest absolute Gasteiger partial charge is 0.158 e. The standard InChI is InChI=1S/C14H24N4O2/c1-4-15-12-8-13(16-10-6-11(7-10)19-3)18-14(17-12)9-20-5-2/h8,10-11H,4-7,9H2,1-3H3,(H2,15,16,17,18). The molecule has 0 atom stereocenters. The second-order valence-electron chi connectivity index (χ2n) is 4.89. The molecule has 1 aliphatic rings. The fourth-order valence-corrected chi connectivity index (χ4v) is 2.19. The van der Waals surface area contributed by atoms with Crippen molar-refractivity contribution in [1.29, 1.82) is 0 Å². The van der Waals surface area contributed by atoms with Crippen molar-refractivity contribution in [2.45, 2.75) is 45.4 Å². The Morgan fingerprint density at radius 1 is 1.25 bits per heavy atom. The minimum absolute atomic E-state index is 0.380. The van der Waals surface area contributed by atoms with Crippen LogP contribution < -0.4 is 10.6 Å². The lowest BCUT2D eigenvalue weighted by Crippen LogP contribution is -2.40. The van der Waals surface area contributed by atoms with Crippen LogP contribution >= 0.6 is 0 Å². The van der Waals surface area contributed by atoms with Crippen LogP contribution in [0.15, 0.2) is 6.07 Å². The first kappa shape index (κ1) is 15.0. The van der Waals surface area contributed by atoms with E-state index < -0.39 is 0 Å². The summed E-state index contributed by atoms with van der Waals surface area (Å²) in [5.41, 5.74) is 0. The maximum Gasteiger partial charge on any atom is 0.158 e. The van der Waals surface area contributed by atoms with Crippen molar-refractivity contribution >= 4 is 11.6 Å². The summed E-state index contributed by atoms with van der Waals surface area (Å²) in [7, 11) is 1.76. The first-order valence-electron chi connectivity index (χ1n) is 7.24. The topological polar surface area (TPSA) is 68.3 Å². The third-order valence-electron chi connectivity index (χ3n) is 3.35. The second kappa shape index (κ2) is 7.40. The van der Waals surface area contributed by atoms with E-state index in [9.17, 15) is 0 Å². The number of hydrogen-bond donors (Lipinski definition) is 2. The van der Waals surface area contributed by atoms with Crippen molar-refractivity contribution in [2.24, 2.45) is 0 Å². The number of rotatable bonds is 8. The molecule has 6 nitrogen and oxygen atoms in total. The summed E-state index contributed by atoms with van der Waals surface area (Å²) in [5.74, 6) is 2.39. The number of aromatic nitrogens is 2. The van der Waals surface area contributed by atoms with Gasteiger partial charge in [-0.05, 0) is 26.7 Å². The Bertz CT molecular complexity index is 422. The SMILES string of the molecule is CCNc1cc(NC2CC(OC)C2)nc(COCC)n1. The Morgan fingerprint density at radius 2 is 2.00 bits per heavy atom. The van der Waals surface area contributed by atoms with Gasteiger partial charge in [0.1, 0.15) is 18.2 Å². The molecule has 2 N–H and O–H groups in total. The number of anilines is 2. The lowest BCUT2D eigenvalue weighted by molar-refractivity contribution is 0.0327. The molecule has 0 radical (unpaired) electrons. The molecule has 0 bridgehead atoms. The summed E-state index contributed by atoms with van der Waals surface area (Å²) in [5, 5.41) is 6.65. The lowest BCUT2D eigenvalue weighted by atomic mass is 9.89. The van der Waals surface area contributed by atoms with Crippen molar-refractivity contribution in [2.75, 3.05) is 30.9 Å². The van der Waals surface area contributed by atoms with Crippen molar-refractivity contribution in [3.8, 4) is 0 Å². The third kappa shape index (κ3) is 4.05. The van der Waals surface area contributed by atoms with Crippen LogP contribution in [0.3, 0.4) is 0 Å². The molecule has 0 amide bonds. The van der Waals surface area contributed by atoms with Gasteiger partial charge in [-0.1, -0.05) is 0 Å². The van der Waals surface area contributed by atoms with Crippen LogP contribution in [0.5, 0.6) is 0 Å². The van der Waals surface area contributed by atoms with Crippen molar-refractivity contribution < 1.29 is 9.47 Å². The van der Waals surface area contributed by atoms with Gasteiger partial charge < -0.3 is 20.1 Å². The molecule has 0 saturated heterocycles. The molecule has 6 heteroatoms. The van der Waals surface area contributed by atoms with Crippen LogP contribution in [-0.2, 0) is 16.1 Å². The van der Waals surface area contributed by atoms with Crippen LogP contribution in [0.25, 0.3) is 0 Å². The van der Waals surface area contributed by atoms with Crippen LogP contribution in [-0.4, -0.2) is 42.4 Å². The third-order valence-corrected chi connectivity index (χ3v) is 3.35. The zero-order chi connectivity index (χ0) is 14.4. The molecular formula is C14H24N4O2. The average Bonchev–Trinajstić information content (AvgIpc) is 2.40. The number of nitrogens with one attached hydrogen (secondary N) is 2. The molecule has 2 rings (SSSR count). The van der Waals surface area contributed by atoms with E-state index in [0.717, 1.165) is 31.0 Å². The molecule has 1 aromatic heterocycles. The van der Waals surface area contributed by atoms with Crippen molar-refractivity contribution in [3.05, 3.63) is 11.9 Å². The van der Waals surface area contributed by atoms with E-state index >= 15 is 0 Å². The number of hydrogen-bond acceptors (Lipinski definition) is 6. The van der Waals surface area contributed by atoms with E-state index in [1.165, 1.54) is 0 Å². The fourth-order valence-electron chi connectivity index (χ4n) is 2.19. The molecular weight excluding hydrogens is 256 g/mol. The summed E-state index contributed by atoms with van der Waals surface area (Å²) in [6, 6.07) is 2.38. The highest BCUT2D eigenvalue weighted by Crippen LogP contribution is 2.26. The maximum atomic E-state index is 5.39. The van der Waals surface area contributed by atoms with Crippen molar-refractivity contribution in [1.82, 2.24) is 9.97 Å². The van der Waals surface area contributed by atoms with Crippen LogP contribution in [0.1, 0.15) is 32.5 Å². The highest BCUT2D eigenvalue weighted by atomic mass is 16.5. The van der Waals surface area contributed by atoms with Gasteiger partial charge >= 0.3 is 0 Å². The molecule has 0 aliphatic heterocycles. The van der Waals surface area contributed by atoms with Gasteiger partial charge in [-0.2, -0.15) is 0 Å². The van der Waals surface area contributed by atoms with Crippen LogP contribution in [0, 0.1) is 0 Å². The van der Waals surface area contributed by atoms with Gasteiger partial charge in [-0.3, -0.25) is 0 Å². The first-order valence-corrected chi connectivity index (χ1v) is 7.24. The van der Waals surface area contributed by atoms with E-state index in [0.29, 0.717) is 31.2 Å². The molecule has 1 saturated carbocycles. The summed E-state index contributed by atoms with van der Waals surface area (Å²) >= 11 is 0. The molecule has 20 heavy (non-hydrogen) atoms. The van der Waals surface area contributed by atoms with Gasteiger partial charge in [0.2, 0.25) is 0 Å². The highest BCUT2D eigenvalue weighted by molar-refractivity contribution is 5.48. The Kier molecular flexibility index (Phi) is 5.55. The Hall–Kier alpha value is -1.40. The van der Waals surface area contributed by atoms with Crippen LogP contribution in [0.4, 0.5) is 11.6 Å². The van der Waals surface area contributed by atoms with E-state index in [4.69, 9.17) is 9.47 Å².